The van der Waals surface area contributed by atoms with Crippen LogP contribution in [0.25, 0.3) is 0 Å². The average molecular weight is 424 g/mol. The molecule has 0 saturated carbocycles. The second-order valence-corrected chi connectivity index (χ2v) is 8.01. The first-order valence-electron chi connectivity index (χ1n) is 10.7. The summed E-state index contributed by atoms with van der Waals surface area (Å²) in [5.74, 6) is 1.28. The Bertz CT molecular complexity index is 991. The molecule has 0 radical (unpaired) electrons. The number of hydrogen-bond acceptors (Lipinski definition) is 5. The Labute approximate surface area is 182 Å². The fraction of sp³-hybridized carbons (Fsp3) is 0.417. The normalized spacial score (nSPS) is 17.6. The van der Waals surface area contributed by atoms with Crippen LogP contribution in [0.1, 0.15) is 45.5 Å². The lowest BCUT2D eigenvalue weighted by Crippen LogP contribution is -2.55. The Balaban J connectivity index is 1.43. The summed E-state index contributed by atoms with van der Waals surface area (Å²) in [5, 5.41) is 2.98. The van der Waals surface area contributed by atoms with Gasteiger partial charge in [0.15, 0.2) is 11.5 Å². The smallest absolute Gasteiger partial charge is 0.257 e. The lowest BCUT2D eigenvalue weighted by atomic mass is 9.97. The van der Waals surface area contributed by atoms with Gasteiger partial charge in [-0.15, -0.1) is 0 Å². The van der Waals surface area contributed by atoms with Gasteiger partial charge in [0.25, 0.3) is 11.8 Å². The van der Waals surface area contributed by atoms with E-state index in [4.69, 9.17) is 9.47 Å². The quantitative estimate of drug-likeness (QED) is 0.773. The van der Waals surface area contributed by atoms with Crippen LogP contribution >= 0.6 is 0 Å². The van der Waals surface area contributed by atoms with Gasteiger partial charge in [0.1, 0.15) is 6.17 Å². The number of carbonyl (C=O) groups excluding carboxylic acids is 2. The zero-order valence-corrected chi connectivity index (χ0v) is 18.3. The Morgan fingerprint density at radius 2 is 1.90 bits per heavy atom. The number of nitrogens with zero attached hydrogens (tertiary/aromatic N) is 2. The van der Waals surface area contributed by atoms with Crippen molar-refractivity contribution in [1.82, 2.24) is 10.2 Å². The molecule has 0 aliphatic carbocycles. The molecule has 1 unspecified atom stereocenters. The Morgan fingerprint density at radius 3 is 2.68 bits per heavy atom. The first kappa shape index (κ1) is 21.0. The predicted molar refractivity (Wildman–Crippen MR) is 119 cm³/mol. The van der Waals surface area contributed by atoms with Crippen molar-refractivity contribution in [1.29, 1.82) is 0 Å². The maximum atomic E-state index is 12.9. The summed E-state index contributed by atoms with van der Waals surface area (Å²) in [6.07, 6.45) is 3.88. The molecule has 2 aliphatic rings. The summed E-state index contributed by atoms with van der Waals surface area (Å²) in [5.41, 5.74) is 3.12. The summed E-state index contributed by atoms with van der Waals surface area (Å²) < 4.78 is 10.6. The first-order chi connectivity index (χ1) is 15.0. The molecule has 0 bridgehead atoms. The van der Waals surface area contributed by atoms with Crippen LogP contribution in [0, 0.1) is 0 Å². The van der Waals surface area contributed by atoms with Gasteiger partial charge in [0.2, 0.25) is 0 Å². The van der Waals surface area contributed by atoms with Crippen molar-refractivity contribution in [3.8, 4) is 11.5 Å². The highest BCUT2D eigenvalue weighted by Crippen LogP contribution is 2.34. The minimum atomic E-state index is -0.143. The van der Waals surface area contributed by atoms with Crippen molar-refractivity contribution in [3.05, 3.63) is 53.1 Å². The monoisotopic (exact) mass is 423 g/mol. The van der Waals surface area contributed by atoms with E-state index in [0.29, 0.717) is 35.6 Å². The van der Waals surface area contributed by atoms with Crippen LogP contribution in [-0.2, 0) is 6.42 Å². The van der Waals surface area contributed by atoms with Crippen LogP contribution in [0.5, 0.6) is 11.5 Å². The molecular weight excluding hydrogens is 394 g/mol. The summed E-state index contributed by atoms with van der Waals surface area (Å²) in [6.45, 7) is 1.29. The number of hydrogen-bond donors (Lipinski definition) is 1. The minimum Gasteiger partial charge on any atom is -0.493 e. The van der Waals surface area contributed by atoms with Crippen molar-refractivity contribution in [2.45, 2.75) is 31.8 Å². The predicted octanol–water partition coefficient (Wildman–Crippen LogP) is 3.08. The van der Waals surface area contributed by atoms with Crippen molar-refractivity contribution >= 4 is 17.5 Å². The highest BCUT2D eigenvalue weighted by molar-refractivity contribution is 6.04. The summed E-state index contributed by atoms with van der Waals surface area (Å²) in [6, 6.07) is 11.1. The second-order valence-electron chi connectivity index (χ2n) is 8.01. The summed E-state index contributed by atoms with van der Waals surface area (Å²) in [7, 11) is 5.22. The van der Waals surface area contributed by atoms with Gasteiger partial charge in [-0.1, -0.05) is 6.07 Å². The highest BCUT2D eigenvalue weighted by atomic mass is 16.5. The van der Waals surface area contributed by atoms with E-state index in [1.54, 1.807) is 26.4 Å². The maximum Gasteiger partial charge on any atom is 0.257 e. The van der Waals surface area contributed by atoms with Gasteiger partial charge < -0.3 is 24.6 Å². The largest absolute Gasteiger partial charge is 0.493 e. The second kappa shape index (κ2) is 8.88. The SMILES string of the molecule is COc1ccc(CCNC(=O)c2ccc3c(c2)N(C)C2CCCCN2C3=O)cc1OC. The van der Waals surface area contributed by atoms with Crippen LogP contribution in [-0.4, -0.2) is 57.2 Å². The zero-order valence-electron chi connectivity index (χ0n) is 18.3. The number of nitrogens with one attached hydrogen (secondary N) is 1. The molecular formula is C24H29N3O4. The number of fused-ring (bicyclic) bond motifs is 2. The molecule has 1 fully saturated rings. The number of ether oxygens (including phenoxy) is 2. The van der Waals surface area contributed by atoms with E-state index in [9.17, 15) is 9.59 Å². The van der Waals surface area contributed by atoms with E-state index in [1.807, 2.05) is 36.2 Å². The molecule has 1 atom stereocenters. The third kappa shape index (κ3) is 4.04. The van der Waals surface area contributed by atoms with Gasteiger partial charge in [-0.2, -0.15) is 0 Å². The molecule has 31 heavy (non-hydrogen) atoms. The number of carbonyl (C=O) groups is 2. The first-order valence-corrected chi connectivity index (χ1v) is 10.7. The van der Waals surface area contributed by atoms with Crippen LogP contribution in [0.15, 0.2) is 36.4 Å². The highest BCUT2D eigenvalue weighted by Gasteiger charge is 2.37. The number of anilines is 1. The maximum absolute atomic E-state index is 12.9. The van der Waals surface area contributed by atoms with E-state index in [0.717, 1.165) is 37.1 Å². The number of rotatable bonds is 6. The van der Waals surface area contributed by atoms with Gasteiger partial charge in [0.05, 0.1) is 25.5 Å². The van der Waals surface area contributed by atoms with Crippen molar-refractivity contribution < 1.29 is 19.1 Å². The topological polar surface area (TPSA) is 71.1 Å². The van der Waals surface area contributed by atoms with E-state index in [1.165, 1.54) is 0 Å². The molecule has 4 rings (SSSR count). The molecule has 2 aliphatic heterocycles. The van der Waals surface area contributed by atoms with E-state index < -0.39 is 0 Å². The fourth-order valence-corrected chi connectivity index (χ4v) is 4.47. The summed E-state index contributed by atoms with van der Waals surface area (Å²) >= 11 is 0. The van der Waals surface area contributed by atoms with Crippen molar-refractivity contribution in [3.63, 3.8) is 0 Å². The molecule has 1 saturated heterocycles. The Morgan fingerprint density at radius 1 is 1.10 bits per heavy atom. The number of amides is 2. The van der Waals surface area contributed by atoms with Gasteiger partial charge in [-0.25, -0.2) is 0 Å². The molecule has 2 amide bonds. The van der Waals surface area contributed by atoms with Gasteiger partial charge in [-0.3, -0.25) is 9.59 Å². The van der Waals surface area contributed by atoms with E-state index in [-0.39, 0.29) is 18.0 Å². The number of benzene rings is 2. The van der Waals surface area contributed by atoms with Crippen LogP contribution in [0.4, 0.5) is 5.69 Å². The lowest BCUT2D eigenvalue weighted by Gasteiger charge is -2.46. The molecule has 2 heterocycles. The van der Waals surface area contributed by atoms with Gasteiger partial charge in [-0.05, 0) is 61.6 Å². The molecule has 7 nitrogen and oxygen atoms in total. The molecule has 1 N–H and O–H groups in total. The van der Waals surface area contributed by atoms with Crippen molar-refractivity contribution in [2.24, 2.45) is 0 Å². The Hall–Kier alpha value is -3.22. The Kier molecular flexibility index (Phi) is 6.02. The molecule has 7 heteroatoms. The molecule has 0 aromatic heterocycles. The third-order valence-corrected chi connectivity index (χ3v) is 6.20. The molecule has 2 aromatic carbocycles. The molecule has 0 spiro atoms. The van der Waals surface area contributed by atoms with Crippen molar-refractivity contribution in [2.75, 3.05) is 39.3 Å². The van der Waals surface area contributed by atoms with Crippen LogP contribution in [0.2, 0.25) is 0 Å². The number of piperidine rings is 1. The van der Waals surface area contributed by atoms with E-state index >= 15 is 0 Å². The molecule has 164 valence electrons. The van der Waals surface area contributed by atoms with Gasteiger partial charge in [0, 0.05) is 25.7 Å². The standard InChI is InChI=1S/C24H29N3O4/c1-26-19-15-17(8-9-18(19)24(29)27-13-5-4-6-22(26)27)23(28)25-12-11-16-7-10-20(30-2)21(14-16)31-3/h7-10,14-15,22H,4-6,11-13H2,1-3H3,(H,25,28). The van der Waals surface area contributed by atoms with E-state index in [2.05, 4.69) is 10.2 Å². The summed E-state index contributed by atoms with van der Waals surface area (Å²) in [4.78, 5) is 29.7. The third-order valence-electron chi connectivity index (χ3n) is 6.20. The molecule has 2 aromatic rings. The zero-order chi connectivity index (χ0) is 22.0. The average Bonchev–Trinajstić information content (AvgIpc) is 2.82. The lowest BCUT2D eigenvalue weighted by molar-refractivity contribution is 0.0589. The minimum absolute atomic E-state index is 0.0678. The van der Waals surface area contributed by atoms with Crippen LogP contribution in [0.3, 0.4) is 0 Å². The number of methoxy groups -OCH3 is 2. The fourth-order valence-electron chi connectivity index (χ4n) is 4.47. The van der Waals surface area contributed by atoms with Crippen LogP contribution < -0.4 is 19.7 Å². The van der Waals surface area contributed by atoms with Gasteiger partial charge >= 0.3 is 0 Å².